The molecule has 1 amide bonds. The second-order valence-corrected chi connectivity index (χ2v) is 21.3. The molecule has 0 aromatic heterocycles. The zero-order valence-corrected chi connectivity index (χ0v) is 43.4. The van der Waals surface area contributed by atoms with E-state index in [2.05, 4.69) is 31.3 Å². The fourth-order valence-corrected chi connectivity index (χ4v) is 8.84. The van der Waals surface area contributed by atoms with Crippen molar-refractivity contribution in [1.29, 1.82) is 0 Å². The Kier molecular flexibility index (Phi) is 45.4. The zero-order valence-electron chi connectivity index (χ0n) is 42.5. The van der Waals surface area contributed by atoms with E-state index in [0.29, 0.717) is 17.4 Å². The maximum absolute atomic E-state index is 12.8. The molecule has 63 heavy (non-hydrogen) atoms. The molecule has 0 heterocycles. The Morgan fingerprint density at radius 2 is 0.889 bits per heavy atom. The highest BCUT2D eigenvalue weighted by Crippen LogP contribution is 2.38. The Labute approximate surface area is 392 Å². The number of aliphatic hydroxyl groups is 1. The number of carbonyl (C=O) groups excluding carboxylic acids is 1. The van der Waals surface area contributed by atoms with E-state index in [1.165, 1.54) is 205 Å². The molecule has 0 bridgehead atoms. The van der Waals surface area contributed by atoms with Gasteiger partial charge < -0.3 is 28.8 Å². The van der Waals surface area contributed by atoms with Crippen LogP contribution in [0.3, 0.4) is 0 Å². The Morgan fingerprint density at radius 1 is 0.540 bits per heavy atom. The summed E-state index contributed by atoms with van der Waals surface area (Å²) in [6.45, 7) is 4.64. The molecule has 8 nitrogen and oxygen atoms in total. The molecule has 0 spiro atoms. The van der Waals surface area contributed by atoms with Crippen LogP contribution in [0.1, 0.15) is 264 Å². The van der Waals surface area contributed by atoms with E-state index in [0.717, 1.165) is 38.5 Å². The van der Waals surface area contributed by atoms with Crippen LogP contribution < -0.4 is 10.2 Å². The lowest BCUT2D eigenvalue weighted by atomic mass is 10.0. The first kappa shape index (κ1) is 62.0. The Hall–Kier alpha value is -1.02. The molecule has 374 valence electrons. The summed E-state index contributed by atoms with van der Waals surface area (Å²) < 4.78 is 23.2. The third-order valence-corrected chi connectivity index (χ3v) is 13.4. The van der Waals surface area contributed by atoms with Crippen LogP contribution in [0.15, 0.2) is 24.3 Å². The minimum Gasteiger partial charge on any atom is -0.756 e. The highest BCUT2D eigenvalue weighted by atomic mass is 31.2. The molecule has 0 aliphatic rings. The fourth-order valence-electron chi connectivity index (χ4n) is 8.11. The number of nitrogens with zero attached hydrogens (tertiary/aromatic N) is 1. The third-order valence-electron chi connectivity index (χ3n) is 12.4. The molecule has 0 fully saturated rings. The summed E-state index contributed by atoms with van der Waals surface area (Å²) >= 11 is 0. The molecule has 0 aliphatic heterocycles. The summed E-state index contributed by atoms with van der Waals surface area (Å²) in [6, 6.07) is -0.898. The molecule has 3 atom stereocenters. The van der Waals surface area contributed by atoms with Crippen molar-refractivity contribution in [1.82, 2.24) is 5.32 Å². The standard InChI is InChI=1S/C54H107N2O6P/c1-6-8-10-12-14-16-18-19-20-21-22-23-24-25-26-27-28-29-30-31-32-33-34-35-36-38-39-41-43-45-47-53(57)52(51-62-63(59,60)61-50-49-56(3,4)5)55-54(58)48-46-44-42-40-37-17-15-13-11-9-7-2/h38-39,45,47,52-53,57H,6-37,40-44,46,48-51H2,1-5H3,(H-,55,58,59,60)/b39-38+,47-45+. The topological polar surface area (TPSA) is 108 Å². The number of phosphoric ester groups is 1. The average molecular weight is 911 g/mol. The predicted octanol–water partition coefficient (Wildman–Crippen LogP) is 15.4. The van der Waals surface area contributed by atoms with Gasteiger partial charge in [-0.15, -0.1) is 0 Å². The summed E-state index contributed by atoms with van der Waals surface area (Å²) in [7, 11) is 1.25. The predicted molar refractivity (Wildman–Crippen MR) is 270 cm³/mol. The van der Waals surface area contributed by atoms with Gasteiger partial charge in [0.15, 0.2) is 0 Å². The Morgan fingerprint density at radius 3 is 1.29 bits per heavy atom. The number of phosphoric acid groups is 1. The number of hydrogen-bond donors (Lipinski definition) is 2. The van der Waals surface area contributed by atoms with Crippen molar-refractivity contribution in [2.75, 3.05) is 40.9 Å². The van der Waals surface area contributed by atoms with Gasteiger partial charge in [0.25, 0.3) is 7.82 Å². The summed E-state index contributed by atoms with van der Waals surface area (Å²) in [5.41, 5.74) is 0. The van der Waals surface area contributed by atoms with Crippen LogP contribution in [-0.2, 0) is 18.4 Å². The molecule has 0 rings (SSSR count). The molecule has 0 radical (unpaired) electrons. The van der Waals surface area contributed by atoms with E-state index in [4.69, 9.17) is 9.05 Å². The number of carbonyl (C=O) groups is 1. The van der Waals surface area contributed by atoms with E-state index in [9.17, 15) is 19.4 Å². The summed E-state index contributed by atoms with van der Waals surface area (Å²) in [5.74, 6) is -0.206. The fraction of sp³-hybridized carbons (Fsp3) is 0.907. The van der Waals surface area contributed by atoms with Crippen molar-refractivity contribution in [2.24, 2.45) is 0 Å². The minimum absolute atomic E-state index is 0.00416. The number of hydrogen-bond acceptors (Lipinski definition) is 6. The van der Waals surface area contributed by atoms with Crippen LogP contribution in [0, 0.1) is 0 Å². The molecule has 9 heteroatoms. The van der Waals surface area contributed by atoms with Gasteiger partial charge in [-0.3, -0.25) is 9.36 Å². The lowest BCUT2D eigenvalue weighted by Crippen LogP contribution is -2.45. The number of rotatable bonds is 50. The van der Waals surface area contributed by atoms with Crippen LogP contribution in [0.25, 0.3) is 0 Å². The van der Waals surface area contributed by atoms with E-state index in [-0.39, 0.29) is 19.1 Å². The number of quaternary nitrogens is 1. The highest BCUT2D eigenvalue weighted by Gasteiger charge is 2.23. The summed E-state index contributed by atoms with van der Waals surface area (Å²) in [5, 5.41) is 13.8. The number of aliphatic hydroxyl groups excluding tert-OH is 1. The van der Waals surface area contributed by atoms with Crippen molar-refractivity contribution < 1.29 is 32.9 Å². The van der Waals surface area contributed by atoms with Crippen molar-refractivity contribution in [3.8, 4) is 0 Å². The van der Waals surface area contributed by atoms with E-state index >= 15 is 0 Å². The average Bonchev–Trinajstić information content (AvgIpc) is 3.24. The van der Waals surface area contributed by atoms with Gasteiger partial charge in [-0.1, -0.05) is 250 Å². The van der Waals surface area contributed by atoms with Crippen LogP contribution in [0.5, 0.6) is 0 Å². The number of likely N-dealkylation sites (N-methyl/N-ethyl adjacent to an activating group) is 1. The molecule has 0 aromatic rings. The first-order valence-electron chi connectivity index (χ1n) is 27.2. The smallest absolute Gasteiger partial charge is 0.268 e. The van der Waals surface area contributed by atoms with Crippen LogP contribution in [-0.4, -0.2) is 68.5 Å². The lowest BCUT2D eigenvalue weighted by Gasteiger charge is -2.29. The molecular formula is C54H107N2O6P. The molecule has 0 aromatic carbocycles. The molecule has 3 unspecified atom stereocenters. The number of nitrogens with one attached hydrogen (secondary N) is 1. The number of allylic oxidation sites excluding steroid dienone is 3. The Bertz CT molecular complexity index is 1080. The summed E-state index contributed by atoms with van der Waals surface area (Å²) in [4.78, 5) is 25.3. The molecule has 0 saturated carbocycles. The summed E-state index contributed by atoms with van der Waals surface area (Å²) in [6.07, 6.45) is 57.0. The highest BCUT2D eigenvalue weighted by molar-refractivity contribution is 7.45. The number of unbranched alkanes of at least 4 members (excludes halogenated alkanes) is 35. The maximum Gasteiger partial charge on any atom is 0.268 e. The maximum atomic E-state index is 12.8. The van der Waals surface area contributed by atoms with Gasteiger partial charge in [-0.05, 0) is 32.1 Å². The van der Waals surface area contributed by atoms with Crippen LogP contribution >= 0.6 is 7.82 Å². The van der Waals surface area contributed by atoms with E-state index in [1.54, 1.807) is 6.08 Å². The molecule has 0 aliphatic carbocycles. The second-order valence-electron chi connectivity index (χ2n) is 19.9. The van der Waals surface area contributed by atoms with Gasteiger partial charge in [0, 0.05) is 6.42 Å². The number of amides is 1. The second kappa shape index (κ2) is 46.1. The molecular weight excluding hydrogens is 804 g/mol. The van der Waals surface area contributed by atoms with Crippen molar-refractivity contribution in [3.63, 3.8) is 0 Å². The van der Waals surface area contributed by atoms with E-state index in [1.807, 2.05) is 27.2 Å². The minimum atomic E-state index is -4.59. The largest absolute Gasteiger partial charge is 0.756 e. The van der Waals surface area contributed by atoms with Crippen LogP contribution in [0.2, 0.25) is 0 Å². The first-order chi connectivity index (χ1) is 30.5. The van der Waals surface area contributed by atoms with E-state index < -0.39 is 20.0 Å². The van der Waals surface area contributed by atoms with Crippen molar-refractivity contribution in [2.45, 2.75) is 276 Å². The van der Waals surface area contributed by atoms with Gasteiger partial charge >= 0.3 is 0 Å². The zero-order chi connectivity index (χ0) is 46.4. The van der Waals surface area contributed by atoms with Crippen molar-refractivity contribution >= 4 is 13.7 Å². The third kappa shape index (κ3) is 48.7. The van der Waals surface area contributed by atoms with Gasteiger partial charge in [0.2, 0.25) is 5.91 Å². The molecule has 0 saturated heterocycles. The normalized spacial score (nSPS) is 14.2. The Balaban J connectivity index is 4.11. The van der Waals surface area contributed by atoms with Gasteiger partial charge in [0.1, 0.15) is 13.2 Å². The monoisotopic (exact) mass is 911 g/mol. The molecule has 2 N–H and O–H groups in total. The quantitative estimate of drug-likeness (QED) is 0.0272. The lowest BCUT2D eigenvalue weighted by molar-refractivity contribution is -0.870. The van der Waals surface area contributed by atoms with Gasteiger partial charge in [-0.25, -0.2) is 0 Å². The van der Waals surface area contributed by atoms with Crippen molar-refractivity contribution in [3.05, 3.63) is 24.3 Å². The van der Waals surface area contributed by atoms with Crippen LogP contribution in [0.4, 0.5) is 0 Å². The SMILES string of the molecule is CCCCCCCCCCCCCCCCCCCCCCCCCC/C=C/CC/C=C/C(O)C(COP(=O)([O-])OCC[N+](C)(C)C)NC(=O)CCCCCCCCCCCCC. The van der Waals surface area contributed by atoms with Gasteiger partial charge in [0.05, 0.1) is 39.9 Å². The first-order valence-corrected chi connectivity index (χ1v) is 28.7. The van der Waals surface area contributed by atoms with Gasteiger partial charge in [-0.2, -0.15) is 0 Å².